The molecule has 1 heterocycles. The van der Waals surface area contributed by atoms with Gasteiger partial charge in [0.25, 0.3) is 0 Å². The van der Waals surface area contributed by atoms with E-state index in [1.807, 2.05) is 18.4 Å². The highest BCUT2D eigenvalue weighted by molar-refractivity contribution is 5.86. The van der Waals surface area contributed by atoms with Gasteiger partial charge in [0.1, 0.15) is 12.2 Å². The quantitative estimate of drug-likeness (QED) is 0.445. The molecule has 0 fully saturated rings. The molecule has 0 saturated heterocycles. The Bertz CT molecular complexity index is 455. The predicted molar refractivity (Wildman–Crippen MR) is 82.1 cm³/mol. The number of nitrogens with zero attached hydrogens (tertiary/aromatic N) is 4. The number of amides is 1. The highest BCUT2D eigenvalue weighted by Crippen LogP contribution is 1.94. The Morgan fingerprint density at radius 2 is 2.10 bits per heavy atom. The number of aliphatic imine (C=N–C) groups is 1. The zero-order valence-electron chi connectivity index (χ0n) is 13.0. The Labute approximate surface area is 125 Å². The first kappa shape index (κ1) is 16.9. The van der Waals surface area contributed by atoms with Crippen molar-refractivity contribution in [1.82, 2.24) is 30.7 Å². The van der Waals surface area contributed by atoms with Gasteiger partial charge in [-0.2, -0.15) is 0 Å². The summed E-state index contributed by atoms with van der Waals surface area (Å²) in [5.41, 5.74) is 0. The molecule has 0 aromatic carbocycles. The number of aromatic nitrogens is 3. The molecule has 1 aromatic rings. The highest BCUT2D eigenvalue weighted by atomic mass is 16.1. The second kappa shape index (κ2) is 9.73. The minimum atomic E-state index is -0.0353. The summed E-state index contributed by atoms with van der Waals surface area (Å²) >= 11 is 0. The summed E-state index contributed by atoms with van der Waals surface area (Å²) in [5.74, 6) is 1.53. The Kier molecular flexibility index (Phi) is 7.85. The first-order chi connectivity index (χ1) is 10.2. The van der Waals surface area contributed by atoms with Gasteiger partial charge in [0.15, 0.2) is 5.96 Å². The lowest BCUT2D eigenvalue weighted by Crippen LogP contribution is -2.44. The van der Waals surface area contributed by atoms with Crippen molar-refractivity contribution in [3.8, 4) is 0 Å². The molecule has 21 heavy (non-hydrogen) atoms. The van der Waals surface area contributed by atoms with Crippen LogP contribution in [0, 0.1) is 0 Å². The van der Waals surface area contributed by atoms with Gasteiger partial charge in [-0.25, -0.2) is 0 Å². The lowest BCUT2D eigenvalue weighted by molar-refractivity contribution is -0.120. The molecule has 0 unspecified atom stereocenters. The van der Waals surface area contributed by atoms with Crippen molar-refractivity contribution in [2.45, 2.75) is 33.2 Å². The molecule has 0 atom stereocenters. The van der Waals surface area contributed by atoms with Crippen LogP contribution in [0.3, 0.4) is 0 Å². The Morgan fingerprint density at radius 3 is 2.76 bits per heavy atom. The van der Waals surface area contributed by atoms with Crippen molar-refractivity contribution in [3.63, 3.8) is 0 Å². The maximum absolute atomic E-state index is 11.5. The Hall–Kier alpha value is -2.12. The van der Waals surface area contributed by atoms with Crippen molar-refractivity contribution < 1.29 is 4.79 Å². The second-order valence-corrected chi connectivity index (χ2v) is 4.50. The van der Waals surface area contributed by atoms with E-state index in [9.17, 15) is 4.79 Å². The van der Waals surface area contributed by atoms with Crippen LogP contribution in [0.1, 0.15) is 26.1 Å². The molecule has 0 spiro atoms. The van der Waals surface area contributed by atoms with Crippen LogP contribution in [-0.4, -0.2) is 53.3 Å². The molecule has 0 radical (unpaired) electrons. The lowest BCUT2D eigenvalue weighted by Gasteiger charge is -2.12. The van der Waals surface area contributed by atoms with Gasteiger partial charge in [-0.05, 0) is 6.42 Å². The average Bonchev–Trinajstić information content (AvgIpc) is 2.95. The third-order valence-electron chi connectivity index (χ3n) is 2.87. The van der Waals surface area contributed by atoms with E-state index in [1.54, 1.807) is 13.4 Å². The van der Waals surface area contributed by atoms with E-state index in [4.69, 9.17) is 0 Å². The number of rotatable bonds is 8. The number of guanidine groups is 1. The summed E-state index contributed by atoms with van der Waals surface area (Å²) in [5, 5.41) is 16.8. The summed E-state index contributed by atoms with van der Waals surface area (Å²) in [6.45, 7) is 6.40. The van der Waals surface area contributed by atoms with Crippen LogP contribution < -0.4 is 16.0 Å². The van der Waals surface area contributed by atoms with Crippen molar-refractivity contribution >= 4 is 11.9 Å². The van der Waals surface area contributed by atoms with Gasteiger partial charge in [0, 0.05) is 33.1 Å². The monoisotopic (exact) mass is 295 g/mol. The minimum Gasteiger partial charge on any atom is -0.355 e. The third-order valence-corrected chi connectivity index (χ3v) is 2.87. The fourth-order valence-electron chi connectivity index (χ4n) is 1.75. The molecule has 118 valence electrons. The van der Waals surface area contributed by atoms with Gasteiger partial charge in [-0.15, -0.1) is 10.2 Å². The maximum Gasteiger partial charge on any atom is 0.239 e. The fourth-order valence-corrected chi connectivity index (χ4v) is 1.75. The summed E-state index contributed by atoms with van der Waals surface area (Å²) in [7, 11) is 1.68. The molecule has 0 saturated carbocycles. The predicted octanol–water partition coefficient (Wildman–Crippen LogP) is -0.468. The molecule has 8 heteroatoms. The lowest BCUT2D eigenvalue weighted by atomic mass is 10.4. The summed E-state index contributed by atoms with van der Waals surface area (Å²) in [4.78, 5) is 15.6. The van der Waals surface area contributed by atoms with Gasteiger partial charge in [0.05, 0.1) is 6.54 Å². The van der Waals surface area contributed by atoms with Crippen LogP contribution >= 0.6 is 0 Å². The smallest absolute Gasteiger partial charge is 0.239 e. The minimum absolute atomic E-state index is 0.0353. The number of carbonyl (C=O) groups excluding carboxylic acids is 1. The van der Waals surface area contributed by atoms with E-state index in [-0.39, 0.29) is 12.5 Å². The van der Waals surface area contributed by atoms with Gasteiger partial charge in [0.2, 0.25) is 5.91 Å². The zero-order valence-corrected chi connectivity index (χ0v) is 13.0. The summed E-state index contributed by atoms with van der Waals surface area (Å²) < 4.78 is 1.99. The largest absolute Gasteiger partial charge is 0.355 e. The molecule has 1 amide bonds. The standard InChI is InChI=1S/C13H25N7O/c1-4-6-15-12(21)9-17-13(14-3)16-7-8-20-10-18-19-11(20)5-2/h10H,4-9H2,1-3H3,(H,15,21)(H2,14,16,17). The summed E-state index contributed by atoms with van der Waals surface area (Å²) in [6.07, 6.45) is 3.50. The molecule has 1 aromatic heterocycles. The zero-order chi connectivity index (χ0) is 15.5. The van der Waals surface area contributed by atoms with Crippen LogP contribution in [0.25, 0.3) is 0 Å². The van der Waals surface area contributed by atoms with Crippen molar-refractivity contribution in [3.05, 3.63) is 12.2 Å². The number of nitrogens with one attached hydrogen (secondary N) is 3. The van der Waals surface area contributed by atoms with Crippen molar-refractivity contribution in [2.24, 2.45) is 4.99 Å². The Balaban J connectivity index is 2.27. The molecule has 0 bridgehead atoms. The van der Waals surface area contributed by atoms with E-state index < -0.39 is 0 Å². The molecule has 0 aliphatic heterocycles. The first-order valence-electron chi connectivity index (χ1n) is 7.29. The molecule has 0 aliphatic rings. The number of hydrogen-bond donors (Lipinski definition) is 3. The van der Waals surface area contributed by atoms with Gasteiger partial charge in [-0.1, -0.05) is 13.8 Å². The van der Waals surface area contributed by atoms with E-state index >= 15 is 0 Å². The van der Waals surface area contributed by atoms with Gasteiger partial charge in [-0.3, -0.25) is 9.79 Å². The van der Waals surface area contributed by atoms with Crippen LogP contribution in [0.15, 0.2) is 11.3 Å². The Morgan fingerprint density at radius 1 is 1.29 bits per heavy atom. The van der Waals surface area contributed by atoms with E-state index in [0.717, 1.165) is 25.2 Å². The van der Waals surface area contributed by atoms with Crippen LogP contribution in [0.2, 0.25) is 0 Å². The van der Waals surface area contributed by atoms with Crippen LogP contribution in [-0.2, 0) is 17.8 Å². The van der Waals surface area contributed by atoms with E-state index in [1.165, 1.54) is 0 Å². The van der Waals surface area contributed by atoms with Crippen molar-refractivity contribution in [1.29, 1.82) is 0 Å². The van der Waals surface area contributed by atoms with Gasteiger partial charge >= 0.3 is 0 Å². The van der Waals surface area contributed by atoms with Crippen LogP contribution in [0.4, 0.5) is 0 Å². The maximum atomic E-state index is 11.5. The summed E-state index contributed by atoms with van der Waals surface area (Å²) in [6, 6.07) is 0. The topological polar surface area (TPSA) is 96.2 Å². The van der Waals surface area contributed by atoms with Crippen LogP contribution in [0.5, 0.6) is 0 Å². The molecule has 8 nitrogen and oxygen atoms in total. The SMILES string of the molecule is CCCNC(=O)CNC(=NC)NCCn1cnnc1CC. The normalized spacial score (nSPS) is 11.3. The van der Waals surface area contributed by atoms with Crippen molar-refractivity contribution in [2.75, 3.05) is 26.7 Å². The molecular formula is C13H25N7O. The van der Waals surface area contributed by atoms with Gasteiger partial charge < -0.3 is 20.5 Å². The highest BCUT2D eigenvalue weighted by Gasteiger charge is 2.04. The number of carbonyl (C=O) groups is 1. The number of aryl methyl sites for hydroxylation is 1. The molecule has 0 aliphatic carbocycles. The molecule has 1 rings (SSSR count). The number of hydrogen-bond acceptors (Lipinski definition) is 4. The fraction of sp³-hybridized carbons (Fsp3) is 0.692. The second-order valence-electron chi connectivity index (χ2n) is 4.50. The molecule has 3 N–H and O–H groups in total. The average molecular weight is 295 g/mol. The first-order valence-corrected chi connectivity index (χ1v) is 7.29. The van der Waals surface area contributed by atoms with E-state index in [2.05, 4.69) is 31.1 Å². The molecular weight excluding hydrogens is 270 g/mol. The van der Waals surface area contributed by atoms with E-state index in [0.29, 0.717) is 19.0 Å². The third kappa shape index (κ3) is 6.24.